The molecule has 2 amide bonds. The number of nitrogens with one attached hydrogen (secondary N) is 1. The molecule has 0 fully saturated rings. The predicted octanol–water partition coefficient (Wildman–Crippen LogP) is -0.518. The molecule has 0 saturated heterocycles. The van der Waals surface area contributed by atoms with E-state index in [-0.39, 0.29) is 12.2 Å². The second-order valence-electron chi connectivity index (χ2n) is 3.53. The van der Waals surface area contributed by atoms with Gasteiger partial charge in [0, 0.05) is 0 Å². The van der Waals surface area contributed by atoms with Crippen LogP contribution in [0.15, 0.2) is 36.5 Å². The summed E-state index contributed by atoms with van der Waals surface area (Å²) in [6.45, 7) is -0.225. The van der Waals surface area contributed by atoms with Gasteiger partial charge in [-0.2, -0.15) is 0 Å². The SMILES string of the molecule is NC(=O)CNC(=O)c1cn(-c2ccccc2)nn1. The van der Waals surface area contributed by atoms with E-state index in [1.165, 1.54) is 10.9 Å². The molecule has 7 heteroatoms. The number of benzene rings is 1. The molecule has 0 saturated carbocycles. The molecule has 0 radical (unpaired) electrons. The molecule has 0 bridgehead atoms. The van der Waals surface area contributed by atoms with Gasteiger partial charge in [-0.15, -0.1) is 5.10 Å². The standard InChI is InChI=1S/C11H11N5O2/c12-10(17)6-13-11(18)9-7-16(15-14-9)8-4-2-1-3-5-8/h1-5,7H,6H2,(H2,12,17)(H,13,18). The van der Waals surface area contributed by atoms with Crippen molar-refractivity contribution in [1.82, 2.24) is 20.3 Å². The second-order valence-corrected chi connectivity index (χ2v) is 3.53. The van der Waals surface area contributed by atoms with Crippen LogP contribution in [0.5, 0.6) is 0 Å². The van der Waals surface area contributed by atoms with Gasteiger partial charge < -0.3 is 11.1 Å². The van der Waals surface area contributed by atoms with Crippen molar-refractivity contribution in [2.24, 2.45) is 5.73 Å². The maximum Gasteiger partial charge on any atom is 0.273 e. The quantitative estimate of drug-likeness (QED) is 0.756. The van der Waals surface area contributed by atoms with Gasteiger partial charge in [-0.05, 0) is 12.1 Å². The van der Waals surface area contributed by atoms with Gasteiger partial charge in [-0.1, -0.05) is 23.4 Å². The smallest absolute Gasteiger partial charge is 0.273 e. The molecule has 92 valence electrons. The first-order valence-electron chi connectivity index (χ1n) is 5.21. The van der Waals surface area contributed by atoms with Gasteiger partial charge in [-0.25, -0.2) is 4.68 Å². The molecule has 7 nitrogen and oxygen atoms in total. The third kappa shape index (κ3) is 2.70. The molecule has 0 atom stereocenters. The number of hydrogen-bond donors (Lipinski definition) is 2. The highest BCUT2D eigenvalue weighted by atomic mass is 16.2. The number of carbonyl (C=O) groups excluding carboxylic acids is 2. The number of amides is 2. The number of nitrogens with two attached hydrogens (primary N) is 1. The Kier molecular flexibility index (Phi) is 3.33. The van der Waals surface area contributed by atoms with E-state index in [4.69, 9.17) is 5.73 Å². The number of para-hydroxylation sites is 1. The normalized spacial score (nSPS) is 10.0. The third-order valence-corrected chi connectivity index (χ3v) is 2.17. The number of nitrogens with zero attached hydrogens (tertiary/aromatic N) is 3. The summed E-state index contributed by atoms with van der Waals surface area (Å²) in [4.78, 5) is 22.1. The summed E-state index contributed by atoms with van der Waals surface area (Å²) in [6.07, 6.45) is 1.48. The predicted molar refractivity (Wildman–Crippen MR) is 62.9 cm³/mol. The summed E-state index contributed by atoms with van der Waals surface area (Å²) in [5, 5.41) is 9.88. The molecule has 0 spiro atoms. The molecule has 3 N–H and O–H groups in total. The van der Waals surface area contributed by atoms with Gasteiger partial charge in [0.1, 0.15) is 0 Å². The van der Waals surface area contributed by atoms with Gasteiger partial charge in [0.25, 0.3) is 5.91 Å². The van der Waals surface area contributed by atoms with Crippen LogP contribution >= 0.6 is 0 Å². The van der Waals surface area contributed by atoms with Crippen molar-refractivity contribution in [2.75, 3.05) is 6.54 Å². The highest BCUT2D eigenvalue weighted by Crippen LogP contribution is 2.05. The maximum absolute atomic E-state index is 11.6. The Hall–Kier alpha value is -2.70. The van der Waals surface area contributed by atoms with Crippen molar-refractivity contribution in [1.29, 1.82) is 0 Å². The first-order chi connectivity index (χ1) is 8.66. The molecule has 18 heavy (non-hydrogen) atoms. The number of carbonyl (C=O) groups is 2. The lowest BCUT2D eigenvalue weighted by Crippen LogP contribution is -2.33. The zero-order valence-electron chi connectivity index (χ0n) is 9.41. The molecule has 2 aromatic rings. The van der Waals surface area contributed by atoms with Crippen molar-refractivity contribution in [3.63, 3.8) is 0 Å². The molecular weight excluding hydrogens is 234 g/mol. The molecule has 1 aromatic carbocycles. The number of primary amides is 1. The molecule has 0 unspecified atom stereocenters. The lowest BCUT2D eigenvalue weighted by atomic mass is 10.3. The monoisotopic (exact) mass is 245 g/mol. The fraction of sp³-hybridized carbons (Fsp3) is 0.0909. The average molecular weight is 245 g/mol. The molecule has 0 aliphatic heterocycles. The van der Waals surface area contributed by atoms with Crippen LogP contribution in [0.1, 0.15) is 10.5 Å². The average Bonchev–Trinajstić information content (AvgIpc) is 2.86. The summed E-state index contributed by atoms with van der Waals surface area (Å²) in [6, 6.07) is 9.24. The minimum absolute atomic E-state index is 0.125. The van der Waals surface area contributed by atoms with Crippen molar-refractivity contribution in [3.05, 3.63) is 42.2 Å². The van der Waals surface area contributed by atoms with Gasteiger partial charge in [0.05, 0.1) is 18.4 Å². The van der Waals surface area contributed by atoms with E-state index in [9.17, 15) is 9.59 Å². The fourth-order valence-electron chi connectivity index (χ4n) is 1.33. The molecule has 1 aromatic heterocycles. The largest absolute Gasteiger partial charge is 0.368 e. The third-order valence-electron chi connectivity index (χ3n) is 2.17. The van der Waals surface area contributed by atoms with Crippen LogP contribution in [-0.2, 0) is 4.79 Å². The van der Waals surface area contributed by atoms with Crippen LogP contribution in [0.2, 0.25) is 0 Å². The van der Waals surface area contributed by atoms with Gasteiger partial charge in [0.2, 0.25) is 5.91 Å². The Bertz CT molecular complexity index is 564. The van der Waals surface area contributed by atoms with Crippen LogP contribution in [0, 0.1) is 0 Å². The van der Waals surface area contributed by atoms with Crippen molar-refractivity contribution in [3.8, 4) is 5.69 Å². The molecule has 0 aliphatic rings. The Morgan fingerprint density at radius 2 is 2.00 bits per heavy atom. The molecule has 0 aliphatic carbocycles. The maximum atomic E-state index is 11.6. The summed E-state index contributed by atoms with van der Waals surface area (Å²) >= 11 is 0. The van der Waals surface area contributed by atoms with E-state index in [0.717, 1.165) is 5.69 Å². The van der Waals surface area contributed by atoms with Crippen LogP contribution in [-0.4, -0.2) is 33.4 Å². The Morgan fingerprint density at radius 1 is 1.28 bits per heavy atom. The number of rotatable bonds is 4. The van der Waals surface area contributed by atoms with Crippen LogP contribution in [0.3, 0.4) is 0 Å². The Morgan fingerprint density at radius 3 is 2.67 bits per heavy atom. The van der Waals surface area contributed by atoms with Gasteiger partial charge in [-0.3, -0.25) is 9.59 Å². The van der Waals surface area contributed by atoms with Gasteiger partial charge in [0.15, 0.2) is 5.69 Å². The lowest BCUT2D eigenvalue weighted by Gasteiger charge is -1.98. The second kappa shape index (κ2) is 5.09. The van der Waals surface area contributed by atoms with Crippen LogP contribution < -0.4 is 11.1 Å². The zero-order chi connectivity index (χ0) is 13.0. The molecular formula is C11H11N5O2. The van der Waals surface area contributed by atoms with E-state index in [1.54, 1.807) is 0 Å². The van der Waals surface area contributed by atoms with Gasteiger partial charge >= 0.3 is 0 Å². The number of aromatic nitrogens is 3. The first-order valence-corrected chi connectivity index (χ1v) is 5.21. The zero-order valence-corrected chi connectivity index (χ0v) is 9.41. The molecule has 1 heterocycles. The topological polar surface area (TPSA) is 103 Å². The minimum atomic E-state index is -0.612. The summed E-state index contributed by atoms with van der Waals surface area (Å²) < 4.78 is 1.47. The van der Waals surface area contributed by atoms with E-state index in [2.05, 4.69) is 15.6 Å². The Balaban J connectivity index is 2.11. The fourth-order valence-corrected chi connectivity index (χ4v) is 1.33. The summed E-state index contributed by atoms with van der Waals surface area (Å²) in [5.41, 5.74) is 5.84. The van der Waals surface area contributed by atoms with E-state index in [0.29, 0.717) is 0 Å². The Labute approximate surface area is 103 Å². The van der Waals surface area contributed by atoms with Crippen LogP contribution in [0.25, 0.3) is 5.69 Å². The van der Waals surface area contributed by atoms with Crippen LogP contribution in [0.4, 0.5) is 0 Å². The van der Waals surface area contributed by atoms with E-state index < -0.39 is 11.8 Å². The summed E-state index contributed by atoms with van der Waals surface area (Å²) in [5.74, 6) is -1.10. The highest BCUT2D eigenvalue weighted by Gasteiger charge is 2.11. The van der Waals surface area contributed by atoms with Crippen molar-refractivity contribution >= 4 is 11.8 Å². The first kappa shape index (κ1) is 11.8. The van der Waals surface area contributed by atoms with E-state index in [1.807, 2.05) is 30.3 Å². The minimum Gasteiger partial charge on any atom is -0.368 e. The van der Waals surface area contributed by atoms with Crippen molar-refractivity contribution in [2.45, 2.75) is 0 Å². The molecule has 2 rings (SSSR count). The van der Waals surface area contributed by atoms with E-state index >= 15 is 0 Å². The number of hydrogen-bond acceptors (Lipinski definition) is 4. The van der Waals surface area contributed by atoms with Crippen molar-refractivity contribution < 1.29 is 9.59 Å². The lowest BCUT2D eigenvalue weighted by molar-refractivity contribution is -0.117. The highest BCUT2D eigenvalue weighted by molar-refractivity contribution is 5.94. The summed E-state index contributed by atoms with van der Waals surface area (Å²) in [7, 11) is 0.